The molecule has 0 amide bonds. The SMILES string of the molecule is CC1=C(O)C(=O)C[C@@H]2[C@@]3(C)CC[C@](C)(C4COC(C)(C)O4)C[C@@H]3CC[C@]12C. The molecule has 1 heterocycles. The van der Waals surface area contributed by atoms with Gasteiger partial charge in [-0.15, -0.1) is 0 Å². The molecule has 3 fully saturated rings. The number of carbonyl (C=O) groups excluding carboxylic acids is 1. The van der Waals surface area contributed by atoms with Crippen molar-refractivity contribution in [3.05, 3.63) is 11.3 Å². The van der Waals surface area contributed by atoms with Gasteiger partial charge in [0.25, 0.3) is 0 Å². The van der Waals surface area contributed by atoms with Crippen molar-refractivity contribution in [2.45, 2.75) is 92.0 Å². The van der Waals surface area contributed by atoms with E-state index in [0.29, 0.717) is 24.9 Å². The van der Waals surface area contributed by atoms with E-state index in [2.05, 4.69) is 20.8 Å². The van der Waals surface area contributed by atoms with Crippen LogP contribution in [-0.4, -0.2) is 29.4 Å². The Hall–Kier alpha value is -0.870. The lowest BCUT2D eigenvalue weighted by atomic mass is 9.42. The van der Waals surface area contributed by atoms with Crippen LogP contribution in [0.3, 0.4) is 0 Å². The lowest BCUT2D eigenvalue weighted by Gasteiger charge is -2.62. The third-order valence-electron chi connectivity index (χ3n) is 9.11. The second-order valence-corrected chi connectivity index (χ2v) is 11.0. The molecule has 0 aromatic rings. The van der Waals surface area contributed by atoms with Crippen LogP contribution in [0, 0.1) is 28.1 Å². The van der Waals surface area contributed by atoms with Gasteiger partial charge in [0.15, 0.2) is 17.3 Å². The minimum atomic E-state index is -0.477. The van der Waals surface area contributed by atoms with Crippen molar-refractivity contribution in [2.24, 2.45) is 28.1 Å². The number of ether oxygens (including phenoxy) is 2. The number of aliphatic hydroxyl groups is 1. The topological polar surface area (TPSA) is 55.8 Å². The van der Waals surface area contributed by atoms with Crippen molar-refractivity contribution in [1.29, 1.82) is 0 Å². The van der Waals surface area contributed by atoms with Crippen LogP contribution in [0.1, 0.15) is 80.1 Å². The van der Waals surface area contributed by atoms with Crippen molar-refractivity contribution in [3.8, 4) is 0 Å². The summed E-state index contributed by atoms with van der Waals surface area (Å²) < 4.78 is 12.1. The molecule has 0 spiro atoms. The highest BCUT2D eigenvalue weighted by atomic mass is 16.7. The first kappa shape index (κ1) is 19.4. The number of hydrogen-bond donors (Lipinski definition) is 1. The Bertz CT molecular complexity index is 694. The van der Waals surface area contributed by atoms with Crippen LogP contribution in [0.15, 0.2) is 11.3 Å². The fraction of sp³-hybridized carbons (Fsp3) is 0.870. The van der Waals surface area contributed by atoms with Gasteiger partial charge in [-0.1, -0.05) is 20.8 Å². The summed E-state index contributed by atoms with van der Waals surface area (Å²) in [5.74, 6) is 0.431. The number of aliphatic hydroxyl groups excluding tert-OH is 1. The van der Waals surface area contributed by atoms with Crippen molar-refractivity contribution >= 4 is 5.78 Å². The fourth-order valence-corrected chi connectivity index (χ4v) is 6.92. The summed E-state index contributed by atoms with van der Waals surface area (Å²) in [7, 11) is 0. The molecule has 1 saturated heterocycles. The van der Waals surface area contributed by atoms with E-state index in [4.69, 9.17) is 9.47 Å². The van der Waals surface area contributed by atoms with E-state index in [1.807, 2.05) is 20.8 Å². The quantitative estimate of drug-likeness (QED) is 0.686. The molecule has 0 radical (unpaired) electrons. The van der Waals surface area contributed by atoms with E-state index >= 15 is 0 Å². The van der Waals surface area contributed by atoms with E-state index in [-0.39, 0.29) is 33.9 Å². The Kier molecular flexibility index (Phi) is 4.19. The molecule has 4 aliphatic rings. The molecule has 4 nitrogen and oxygen atoms in total. The maximum absolute atomic E-state index is 12.5. The summed E-state index contributed by atoms with van der Waals surface area (Å²) in [5.41, 5.74) is 1.16. The molecule has 0 aromatic heterocycles. The number of allylic oxidation sites excluding steroid dienone is 2. The predicted molar refractivity (Wildman–Crippen MR) is 104 cm³/mol. The van der Waals surface area contributed by atoms with Gasteiger partial charge in [0, 0.05) is 6.42 Å². The molecule has 0 bridgehead atoms. The van der Waals surface area contributed by atoms with Gasteiger partial charge in [0.2, 0.25) is 0 Å². The monoisotopic (exact) mass is 376 g/mol. The lowest BCUT2D eigenvalue weighted by Crippen LogP contribution is -2.56. The highest BCUT2D eigenvalue weighted by molar-refractivity contribution is 5.95. The number of hydrogen-bond acceptors (Lipinski definition) is 4. The van der Waals surface area contributed by atoms with E-state index in [1.54, 1.807) is 0 Å². The Morgan fingerprint density at radius 1 is 1.07 bits per heavy atom. The van der Waals surface area contributed by atoms with Crippen LogP contribution in [0.25, 0.3) is 0 Å². The van der Waals surface area contributed by atoms with Gasteiger partial charge in [0.1, 0.15) is 0 Å². The minimum absolute atomic E-state index is 0.0372. The van der Waals surface area contributed by atoms with E-state index in [0.717, 1.165) is 37.7 Å². The predicted octanol–water partition coefficient (Wildman–Crippen LogP) is 5.17. The fourth-order valence-electron chi connectivity index (χ4n) is 6.92. The maximum Gasteiger partial charge on any atom is 0.197 e. The van der Waals surface area contributed by atoms with Gasteiger partial charge in [-0.05, 0) is 86.5 Å². The average Bonchev–Trinajstić information content (AvgIpc) is 2.97. The molecule has 3 aliphatic carbocycles. The van der Waals surface area contributed by atoms with Crippen LogP contribution in [0.5, 0.6) is 0 Å². The zero-order valence-electron chi connectivity index (χ0n) is 17.9. The summed E-state index contributed by atoms with van der Waals surface area (Å²) in [6.07, 6.45) is 6.25. The highest BCUT2D eigenvalue weighted by Crippen LogP contribution is 2.67. The van der Waals surface area contributed by atoms with Crippen LogP contribution in [-0.2, 0) is 14.3 Å². The van der Waals surface area contributed by atoms with Gasteiger partial charge >= 0.3 is 0 Å². The molecule has 6 atom stereocenters. The number of rotatable bonds is 1. The number of ketones is 1. The molecule has 1 aliphatic heterocycles. The Labute approximate surface area is 163 Å². The van der Waals surface area contributed by atoms with E-state index in [9.17, 15) is 9.90 Å². The Balaban J connectivity index is 1.61. The van der Waals surface area contributed by atoms with E-state index in [1.165, 1.54) is 0 Å². The molecular weight excluding hydrogens is 340 g/mol. The average molecular weight is 377 g/mol. The summed E-state index contributed by atoms with van der Waals surface area (Å²) in [6, 6.07) is 0. The molecule has 27 heavy (non-hydrogen) atoms. The van der Waals surface area contributed by atoms with Crippen LogP contribution in [0.4, 0.5) is 0 Å². The van der Waals surface area contributed by atoms with Crippen molar-refractivity contribution in [1.82, 2.24) is 0 Å². The van der Waals surface area contributed by atoms with Crippen LogP contribution in [0.2, 0.25) is 0 Å². The Morgan fingerprint density at radius 3 is 2.41 bits per heavy atom. The summed E-state index contributed by atoms with van der Waals surface area (Å²) in [5, 5.41) is 10.3. The van der Waals surface area contributed by atoms with E-state index < -0.39 is 5.79 Å². The van der Waals surface area contributed by atoms with Crippen molar-refractivity contribution < 1.29 is 19.4 Å². The highest BCUT2D eigenvalue weighted by Gasteiger charge is 2.61. The third kappa shape index (κ3) is 2.73. The first-order valence-electron chi connectivity index (χ1n) is 10.7. The number of fused-ring (bicyclic) bond motifs is 3. The molecule has 2 saturated carbocycles. The largest absolute Gasteiger partial charge is 0.504 e. The standard InChI is InChI=1S/C23H36O4/c1-14-19(25)16(24)11-17-22(14,5)8-7-15-12-21(4,9-10-23(15,17)6)18-13-26-20(2,3)27-18/h15,17-18,25H,7-13H2,1-6H3/t15-,17-,18?,21-,22+,23-/m0/s1. The first-order chi connectivity index (χ1) is 12.4. The third-order valence-corrected chi connectivity index (χ3v) is 9.11. The minimum Gasteiger partial charge on any atom is -0.504 e. The van der Waals surface area contributed by atoms with Gasteiger partial charge < -0.3 is 14.6 Å². The van der Waals surface area contributed by atoms with Crippen molar-refractivity contribution in [3.63, 3.8) is 0 Å². The van der Waals surface area contributed by atoms with Gasteiger partial charge in [-0.2, -0.15) is 0 Å². The number of carbonyl (C=O) groups is 1. The van der Waals surface area contributed by atoms with Gasteiger partial charge in [-0.3, -0.25) is 4.79 Å². The molecular formula is C23H36O4. The zero-order valence-corrected chi connectivity index (χ0v) is 17.9. The Morgan fingerprint density at radius 2 is 1.78 bits per heavy atom. The molecule has 152 valence electrons. The molecule has 4 heteroatoms. The van der Waals surface area contributed by atoms with Crippen LogP contribution < -0.4 is 0 Å². The smallest absolute Gasteiger partial charge is 0.197 e. The lowest BCUT2D eigenvalue weighted by molar-refractivity contribution is -0.173. The second kappa shape index (κ2) is 5.82. The summed E-state index contributed by atoms with van der Waals surface area (Å²) >= 11 is 0. The second-order valence-electron chi connectivity index (χ2n) is 11.0. The van der Waals surface area contributed by atoms with Gasteiger partial charge in [0.05, 0.1) is 12.7 Å². The van der Waals surface area contributed by atoms with Gasteiger partial charge in [-0.25, -0.2) is 0 Å². The molecule has 1 unspecified atom stereocenters. The normalized spacial score (nSPS) is 49.7. The summed E-state index contributed by atoms with van der Waals surface area (Å²) in [4.78, 5) is 12.5. The molecule has 4 rings (SSSR count). The number of Topliss-reactive ketones (excluding diaryl/α,β-unsaturated/α-hetero) is 1. The molecule has 1 N–H and O–H groups in total. The summed E-state index contributed by atoms with van der Waals surface area (Å²) in [6.45, 7) is 13.7. The zero-order chi connectivity index (χ0) is 19.8. The van der Waals surface area contributed by atoms with Crippen LogP contribution >= 0.6 is 0 Å². The maximum atomic E-state index is 12.5. The van der Waals surface area contributed by atoms with Crippen molar-refractivity contribution in [2.75, 3.05) is 6.61 Å². The first-order valence-corrected chi connectivity index (χ1v) is 10.7. The molecule has 0 aromatic carbocycles.